The van der Waals surface area contributed by atoms with Crippen LogP contribution in [0.2, 0.25) is 0 Å². The first-order valence-corrected chi connectivity index (χ1v) is 15.4. The molecule has 6 rings (SSSR count). The minimum Gasteiger partial charge on any atom is -0.459 e. The fraction of sp³-hybridized carbons (Fsp3) is 0.600. The van der Waals surface area contributed by atoms with Crippen molar-refractivity contribution in [2.24, 2.45) is 34.5 Å². The summed E-state index contributed by atoms with van der Waals surface area (Å²) in [6.45, 7) is 6.65. The molecular weight excluding hydrogens is 500 g/mol. The Morgan fingerprint density at radius 2 is 1.43 bits per heavy atom. The number of ether oxygens (including phenoxy) is 2. The molecule has 5 nitrogen and oxygen atoms in total. The number of fused-ring (bicyclic) bond motifs is 5. The van der Waals surface area contributed by atoms with E-state index in [-0.39, 0.29) is 28.9 Å². The zero-order valence-corrected chi connectivity index (χ0v) is 24.2. The molecule has 0 spiro atoms. The lowest BCUT2D eigenvalue weighted by atomic mass is 9.44. The van der Waals surface area contributed by atoms with Gasteiger partial charge in [0, 0.05) is 5.41 Å². The Hall–Kier alpha value is -2.66. The molecule has 214 valence electrons. The molecule has 4 aliphatic carbocycles. The van der Waals surface area contributed by atoms with Crippen LogP contribution in [0.25, 0.3) is 0 Å². The van der Waals surface area contributed by atoms with Crippen molar-refractivity contribution in [2.75, 3.05) is 0 Å². The van der Waals surface area contributed by atoms with Crippen molar-refractivity contribution in [1.82, 2.24) is 0 Å². The van der Waals surface area contributed by atoms with Crippen LogP contribution < -0.4 is 0 Å². The molecule has 0 saturated heterocycles. The Balaban J connectivity index is 1.14. The van der Waals surface area contributed by atoms with E-state index in [4.69, 9.17) is 9.47 Å². The molecule has 4 aliphatic rings. The first-order chi connectivity index (χ1) is 19.2. The second-order valence-corrected chi connectivity index (χ2v) is 13.7. The van der Waals surface area contributed by atoms with Crippen LogP contribution in [0.5, 0.6) is 0 Å². The molecule has 4 saturated carbocycles. The average Bonchev–Trinajstić information content (AvgIpc) is 3.25. The Bertz CT molecular complexity index is 1230. The van der Waals surface area contributed by atoms with Crippen molar-refractivity contribution in [3.63, 3.8) is 0 Å². The Morgan fingerprint density at radius 1 is 0.800 bits per heavy atom. The smallest absolute Gasteiger partial charge is 0.338 e. The lowest BCUT2D eigenvalue weighted by molar-refractivity contribution is -0.187. The first kappa shape index (κ1) is 27.5. The van der Waals surface area contributed by atoms with E-state index in [9.17, 15) is 14.7 Å². The van der Waals surface area contributed by atoms with E-state index in [0.717, 1.165) is 44.9 Å². The minimum absolute atomic E-state index is 0.00657. The molecule has 5 heteroatoms. The third-order valence-electron chi connectivity index (χ3n) is 12.1. The molecule has 40 heavy (non-hydrogen) atoms. The van der Waals surface area contributed by atoms with E-state index >= 15 is 0 Å². The van der Waals surface area contributed by atoms with Gasteiger partial charge in [0.05, 0.1) is 11.1 Å². The quantitative estimate of drug-likeness (QED) is 0.402. The van der Waals surface area contributed by atoms with Crippen LogP contribution in [-0.4, -0.2) is 34.9 Å². The van der Waals surface area contributed by atoms with Gasteiger partial charge in [-0.15, -0.1) is 0 Å². The van der Waals surface area contributed by atoms with Gasteiger partial charge in [-0.25, -0.2) is 9.59 Å². The van der Waals surface area contributed by atoms with E-state index < -0.39 is 11.7 Å². The van der Waals surface area contributed by atoms with Crippen LogP contribution >= 0.6 is 0 Å². The van der Waals surface area contributed by atoms with E-state index in [1.165, 1.54) is 6.42 Å². The van der Waals surface area contributed by atoms with Crippen molar-refractivity contribution in [1.29, 1.82) is 0 Å². The van der Waals surface area contributed by atoms with Gasteiger partial charge in [0.2, 0.25) is 0 Å². The number of hydrogen-bond donors (Lipinski definition) is 1. The van der Waals surface area contributed by atoms with E-state index in [2.05, 4.69) is 13.8 Å². The first-order valence-electron chi connectivity index (χ1n) is 15.4. The summed E-state index contributed by atoms with van der Waals surface area (Å²) in [6, 6.07) is 18.4. The standard InChI is InChI=1S/C35H44O5/c1-23(39-31(36)24-10-6-4-7-11-24)35(38)21-18-30-28-15-14-26-22-27(40-32(37)25-12-8-5-9-13-25)16-19-33(26,2)29(28)17-20-34(30,35)3/h4-13,23,26-30,38H,14-22H2,1-3H3/t23-,26-,27+,28+,29-,30+,33-,34-,35+/m0/s1. The summed E-state index contributed by atoms with van der Waals surface area (Å²) >= 11 is 0. The molecule has 2 aromatic rings. The van der Waals surface area contributed by atoms with Gasteiger partial charge in [-0.05, 0) is 118 Å². The molecule has 9 atom stereocenters. The third kappa shape index (κ3) is 4.40. The van der Waals surface area contributed by atoms with Crippen LogP contribution in [0, 0.1) is 34.5 Å². The average molecular weight is 545 g/mol. The Kier molecular flexibility index (Phi) is 7.09. The number of aliphatic hydroxyl groups is 1. The van der Waals surface area contributed by atoms with E-state index in [1.807, 2.05) is 55.5 Å². The molecule has 0 aromatic heterocycles. The molecule has 1 N–H and O–H groups in total. The van der Waals surface area contributed by atoms with Crippen molar-refractivity contribution >= 4 is 11.9 Å². The summed E-state index contributed by atoms with van der Waals surface area (Å²) in [4.78, 5) is 25.6. The fourth-order valence-electron chi connectivity index (χ4n) is 9.74. The van der Waals surface area contributed by atoms with Crippen molar-refractivity contribution in [2.45, 2.75) is 96.4 Å². The minimum atomic E-state index is -1.02. The molecule has 0 heterocycles. The second kappa shape index (κ2) is 10.3. The van der Waals surface area contributed by atoms with Gasteiger partial charge < -0.3 is 14.6 Å². The summed E-state index contributed by atoms with van der Waals surface area (Å²) in [7, 11) is 0. The predicted molar refractivity (Wildman–Crippen MR) is 154 cm³/mol. The van der Waals surface area contributed by atoms with Gasteiger partial charge in [-0.3, -0.25) is 0 Å². The fourth-order valence-corrected chi connectivity index (χ4v) is 9.74. The number of benzene rings is 2. The molecule has 0 aliphatic heterocycles. The highest BCUT2D eigenvalue weighted by Crippen LogP contribution is 2.69. The summed E-state index contributed by atoms with van der Waals surface area (Å²) in [5.41, 5.74) is 0.109. The van der Waals surface area contributed by atoms with Gasteiger partial charge >= 0.3 is 11.9 Å². The molecule has 2 aromatic carbocycles. The number of rotatable bonds is 5. The number of esters is 2. The molecule has 0 amide bonds. The Labute approximate surface area is 238 Å². The van der Waals surface area contributed by atoms with E-state index in [1.54, 1.807) is 12.1 Å². The van der Waals surface area contributed by atoms with Gasteiger partial charge in [-0.2, -0.15) is 0 Å². The lowest BCUT2D eigenvalue weighted by Gasteiger charge is -2.62. The van der Waals surface area contributed by atoms with Crippen molar-refractivity contribution < 1.29 is 24.2 Å². The van der Waals surface area contributed by atoms with Gasteiger partial charge in [0.25, 0.3) is 0 Å². The van der Waals surface area contributed by atoms with Crippen molar-refractivity contribution in [3.8, 4) is 0 Å². The Morgan fingerprint density at radius 3 is 2.10 bits per heavy atom. The maximum Gasteiger partial charge on any atom is 0.338 e. The zero-order valence-electron chi connectivity index (χ0n) is 24.2. The van der Waals surface area contributed by atoms with Crippen LogP contribution in [0.1, 0.15) is 99.3 Å². The number of carbonyl (C=O) groups excluding carboxylic acids is 2. The topological polar surface area (TPSA) is 72.8 Å². The normalized spacial score (nSPS) is 39.2. The molecule has 0 bridgehead atoms. The summed E-state index contributed by atoms with van der Waals surface area (Å²) in [5.74, 6) is 1.63. The second-order valence-electron chi connectivity index (χ2n) is 13.7. The SMILES string of the molecule is C[C@H](OC(=O)c1ccccc1)[C@]1(O)CC[C@@H]2[C@@H]3CC[C@H]4C[C@H](OC(=O)c5ccccc5)CC[C@]4(C)[C@H]3CC[C@@]21C. The largest absolute Gasteiger partial charge is 0.459 e. The maximum absolute atomic E-state index is 12.9. The van der Waals surface area contributed by atoms with Crippen molar-refractivity contribution in [3.05, 3.63) is 71.8 Å². The van der Waals surface area contributed by atoms with E-state index in [0.29, 0.717) is 41.2 Å². The van der Waals surface area contributed by atoms with Crippen LogP contribution in [-0.2, 0) is 9.47 Å². The maximum atomic E-state index is 12.9. The summed E-state index contributed by atoms with van der Waals surface area (Å²) in [6.07, 6.45) is 8.44. The number of hydrogen-bond acceptors (Lipinski definition) is 5. The van der Waals surface area contributed by atoms with Crippen LogP contribution in [0.15, 0.2) is 60.7 Å². The third-order valence-corrected chi connectivity index (χ3v) is 12.1. The van der Waals surface area contributed by atoms with Gasteiger partial charge in [-0.1, -0.05) is 50.2 Å². The van der Waals surface area contributed by atoms with Gasteiger partial charge in [0.1, 0.15) is 17.8 Å². The molecule has 4 fully saturated rings. The summed E-state index contributed by atoms with van der Waals surface area (Å²) < 4.78 is 11.9. The molecular formula is C35H44O5. The summed E-state index contributed by atoms with van der Waals surface area (Å²) in [5, 5.41) is 12.2. The van der Waals surface area contributed by atoms with Crippen LogP contribution in [0.4, 0.5) is 0 Å². The van der Waals surface area contributed by atoms with Crippen LogP contribution in [0.3, 0.4) is 0 Å². The highest BCUT2D eigenvalue weighted by molar-refractivity contribution is 5.89. The van der Waals surface area contributed by atoms with Gasteiger partial charge in [0.15, 0.2) is 0 Å². The zero-order chi connectivity index (χ0) is 28.1. The highest BCUT2D eigenvalue weighted by atomic mass is 16.6. The monoisotopic (exact) mass is 544 g/mol. The molecule has 0 unspecified atom stereocenters. The number of carbonyl (C=O) groups is 2. The highest BCUT2D eigenvalue weighted by Gasteiger charge is 2.66. The molecule has 0 radical (unpaired) electrons. The lowest BCUT2D eigenvalue weighted by Crippen LogP contribution is -2.60. The predicted octanol–water partition coefficient (Wildman–Crippen LogP) is 7.23.